The predicted octanol–water partition coefficient (Wildman–Crippen LogP) is 0.589. The van der Waals surface area contributed by atoms with Gasteiger partial charge in [0.05, 0.1) is 26.3 Å². The molecule has 124 valence electrons. The van der Waals surface area contributed by atoms with Crippen molar-refractivity contribution < 1.29 is 23.9 Å². The summed E-state index contributed by atoms with van der Waals surface area (Å²) in [5, 5.41) is 2.57. The third-order valence-corrected chi connectivity index (χ3v) is 3.80. The highest BCUT2D eigenvalue weighted by Gasteiger charge is 2.34. The summed E-state index contributed by atoms with van der Waals surface area (Å²) < 4.78 is 9.82. The van der Waals surface area contributed by atoms with Gasteiger partial charge in [0.25, 0.3) is 5.91 Å². The van der Waals surface area contributed by atoms with E-state index in [1.54, 1.807) is 24.3 Å². The average Bonchev–Trinajstić information content (AvgIpc) is 3.08. The summed E-state index contributed by atoms with van der Waals surface area (Å²) in [5.41, 5.74) is 0.355. The quantitative estimate of drug-likeness (QED) is 0.803. The first-order valence-corrected chi connectivity index (χ1v) is 7.37. The summed E-state index contributed by atoms with van der Waals surface area (Å²) in [7, 11) is 2.77. The van der Waals surface area contributed by atoms with Gasteiger partial charge in [-0.25, -0.2) is 4.79 Å². The highest BCUT2D eigenvalue weighted by atomic mass is 16.5. The zero-order chi connectivity index (χ0) is 16.8. The van der Waals surface area contributed by atoms with Crippen LogP contribution in [0.15, 0.2) is 24.3 Å². The molecule has 7 nitrogen and oxygen atoms in total. The topological polar surface area (TPSA) is 84.9 Å². The first kappa shape index (κ1) is 16.8. The van der Waals surface area contributed by atoms with Crippen molar-refractivity contribution in [3.8, 4) is 5.75 Å². The number of methoxy groups -OCH3 is 2. The lowest BCUT2D eigenvalue weighted by Gasteiger charge is -2.22. The molecule has 7 heteroatoms. The van der Waals surface area contributed by atoms with Gasteiger partial charge in [-0.05, 0) is 25.0 Å². The van der Waals surface area contributed by atoms with Crippen molar-refractivity contribution in [1.82, 2.24) is 10.2 Å². The van der Waals surface area contributed by atoms with E-state index in [1.807, 2.05) is 0 Å². The number of amides is 2. The number of rotatable bonds is 5. The molecule has 0 aromatic heterocycles. The number of para-hydroxylation sites is 1. The maximum absolute atomic E-state index is 12.2. The molecule has 1 N–H and O–H groups in total. The first-order valence-electron chi connectivity index (χ1n) is 7.37. The number of likely N-dealkylation sites (tertiary alicyclic amines) is 1. The third kappa shape index (κ3) is 3.80. The molecular formula is C16H20N2O5. The molecule has 1 unspecified atom stereocenters. The van der Waals surface area contributed by atoms with Crippen LogP contribution in [0.1, 0.15) is 23.2 Å². The molecule has 1 aliphatic heterocycles. The van der Waals surface area contributed by atoms with E-state index in [4.69, 9.17) is 9.47 Å². The molecule has 1 atom stereocenters. The second kappa shape index (κ2) is 7.62. The maximum Gasteiger partial charge on any atom is 0.328 e. The van der Waals surface area contributed by atoms with Crippen molar-refractivity contribution in [3.63, 3.8) is 0 Å². The summed E-state index contributed by atoms with van der Waals surface area (Å²) in [6.45, 7) is 0.313. The zero-order valence-corrected chi connectivity index (χ0v) is 13.2. The summed E-state index contributed by atoms with van der Waals surface area (Å²) in [6, 6.07) is 6.20. The second-order valence-electron chi connectivity index (χ2n) is 5.15. The van der Waals surface area contributed by atoms with Crippen LogP contribution in [0.3, 0.4) is 0 Å². The number of esters is 1. The van der Waals surface area contributed by atoms with Crippen LogP contribution < -0.4 is 10.1 Å². The van der Waals surface area contributed by atoms with E-state index in [2.05, 4.69) is 5.32 Å². The van der Waals surface area contributed by atoms with Gasteiger partial charge in [0.15, 0.2) is 0 Å². The fraction of sp³-hybridized carbons (Fsp3) is 0.438. The molecule has 0 radical (unpaired) electrons. The van der Waals surface area contributed by atoms with Crippen LogP contribution in [0.4, 0.5) is 0 Å². The number of nitrogens with one attached hydrogen (secondary N) is 1. The molecule has 1 fully saturated rings. The zero-order valence-electron chi connectivity index (χ0n) is 13.2. The Bertz CT molecular complexity index is 602. The SMILES string of the molecule is COC(=O)C1CCCN1C(=O)CNC(=O)c1ccccc1OC. The van der Waals surface area contributed by atoms with E-state index < -0.39 is 17.9 Å². The lowest BCUT2D eigenvalue weighted by molar-refractivity contribution is -0.150. The highest BCUT2D eigenvalue weighted by molar-refractivity contribution is 5.99. The van der Waals surface area contributed by atoms with Gasteiger partial charge in [-0.15, -0.1) is 0 Å². The van der Waals surface area contributed by atoms with Crippen LogP contribution in [0.2, 0.25) is 0 Å². The van der Waals surface area contributed by atoms with Crippen molar-refractivity contribution >= 4 is 17.8 Å². The van der Waals surface area contributed by atoms with E-state index in [0.29, 0.717) is 24.3 Å². The minimum Gasteiger partial charge on any atom is -0.496 e. The van der Waals surface area contributed by atoms with Gasteiger partial charge in [0.2, 0.25) is 5.91 Å². The Kier molecular flexibility index (Phi) is 5.56. The molecule has 0 aliphatic carbocycles. The van der Waals surface area contributed by atoms with E-state index >= 15 is 0 Å². The number of ether oxygens (including phenoxy) is 2. The molecular weight excluding hydrogens is 300 g/mol. The number of benzene rings is 1. The van der Waals surface area contributed by atoms with E-state index in [9.17, 15) is 14.4 Å². The number of hydrogen-bond acceptors (Lipinski definition) is 5. The standard InChI is InChI=1S/C16H20N2O5/c1-22-13-8-4-3-6-11(13)15(20)17-10-14(19)18-9-5-7-12(18)16(21)23-2/h3-4,6,8,12H,5,7,9-10H2,1-2H3,(H,17,20). The Balaban J connectivity index is 1.96. The fourth-order valence-electron chi connectivity index (χ4n) is 2.63. The third-order valence-electron chi connectivity index (χ3n) is 3.80. The van der Waals surface area contributed by atoms with Gasteiger partial charge < -0.3 is 19.7 Å². The van der Waals surface area contributed by atoms with Gasteiger partial charge in [-0.1, -0.05) is 12.1 Å². The lowest BCUT2D eigenvalue weighted by atomic mass is 10.2. The first-order chi connectivity index (χ1) is 11.1. The average molecular weight is 320 g/mol. The minimum atomic E-state index is -0.560. The van der Waals surface area contributed by atoms with E-state index in [0.717, 1.165) is 6.42 Å². The van der Waals surface area contributed by atoms with Crippen LogP contribution in [0, 0.1) is 0 Å². The largest absolute Gasteiger partial charge is 0.496 e. The molecule has 0 spiro atoms. The Morgan fingerprint density at radius 2 is 2.00 bits per heavy atom. The van der Waals surface area contributed by atoms with Gasteiger partial charge >= 0.3 is 5.97 Å². The molecule has 0 bridgehead atoms. The van der Waals surface area contributed by atoms with Gasteiger partial charge in [0, 0.05) is 6.54 Å². The molecule has 0 saturated carbocycles. The van der Waals surface area contributed by atoms with Crippen molar-refractivity contribution in [2.75, 3.05) is 27.3 Å². The number of carbonyl (C=O) groups is 3. The summed E-state index contributed by atoms with van der Waals surface area (Å²) in [4.78, 5) is 37.5. The molecule has 1 aromatic rings. The minimum absolute atomic E-state index is 0.176. The van der Waals surface area contributed by atoms with Crippen molar-refractivity contribution in [2.24, 2.45) is 0 Å². The van der Waals surface area contributed by atoms with Crippen LogP contribution in [-0.4, -0.2) is 56.0 Å². The molecule has 1 heterocycles. The summed E-state index contributed by atoms with van der Waals surface area (Å²) in [6.07, 6.45) is 1.32. The molecule has 2 amide bonds. The maximum atomic E-state index is 12.2. The summed E-state index contributed by atoms with van der Waals surface area (Å²) in [5.74, 6) is -0.691. The number of carbonyl (C=O) groups excluding carboxylic acids is 3. The molecule has 1 saturated heterocycles. The van der Waals surface area contributed by atoms with E-state index in [-0.39, 0.29) is 12.5 Å². The van der Waals surface area contributed by atoms with Crippen LogP contribution in [0.5, 0.6) is 5.75 Å². The number of nitrogens with zero attached hydrogens (tertiary/aromatic N) is 1. The van der Waals surface area contributed by atoms with Gasteiger partial charge in [0.1, 0.15) is 11.8 Å². The molecule has 1 aromatic carbocycles. The van der Waals surface area contributed by atoms with Gasteiger partial charge in [-0.2, -0.15) is 0 Å². The number of hydrogen-bond donors (Lipinski definition) is 1. The van der Waals surface area contributed by atoms with Crippen LogP contribution in [-0.2, 0) is 14.3 Å². The highest BCUT2D eigenvalue weighted by Crippen LogP contribution is 2.19. The Labute approximate surface area is 134 Å². The second-order valence-corrected chi connectivity index (χ2v) is 5.15. The van der Waals surface area contributed by atoms with Crippen LogP contribution in [0.25, 0.3) is 0 Å². The monoisotopic (exact) mass is 320 g/mol. The fourth-order valence-corrected chi connectivity index (χ4v) is 2.63. The van der Waals surface area contributed by atoms with Crippen molar-refractivity contribution in [2.45, 2.75) is 18.9 Å². The van der Waals surface area contributed by atoms with E-state index in [1.165, 1.54) is 19.1 Å². The Morgan fingerprint density at radius 3 is 2.70 bits per heavy atom. The predicted molar refractivity (Wildman–Crippen MR) is 82.1 cm³/mol. The van der Waals surface area contributed by atoms with Gasteiger partial charge in [-0.3, -0.25) is 9.59 Å². The van der Waals surface area contributed by atoms with Crippen molar-refractivity contribution in [1.29, 1.82) is 0 Å². The normalized spacial score (nSPS) is 16.8. The Hall–Kier alpha value is -2.57. The van der Waals surface area contributed by atoms with Crippen LogP contribution >= 0.6 is 0 Å². The smallest absolute Gasteiger partial charge is 0.328 e. The lowest BCUT2D eigenvalue weighted by Crippen LogP contribution is -2.45. The Morgan fingerprint density at radius 1 is 1.26 bits per heavy atom. The molecule has 23 heavy (non-hydrogen) atoms. The molecule has 1 aliphatic rings. The summed E-state index contributed by atoms with van der Waals surface area (Å²) >= 11 is 0. The van der Waals surface area contributed by atoms with Crippen molar-refractivity contribution in [3.05, 3.63) is 29.8 Å². The molecule has 2 rings (SSSR count).